The lowest BCUT2D eigenvalue weighted by Crippen LogP contribution is -2.26. The van der Waals surface area contributed by atoms with Gasteiger partial charge in [0.05, 0.1) is 0 Å². The van der Waals surface area contributed by atoms with E-state index in [0.717, 1.165) is 24.8 Å². The molecule has 0 bridgehead atoms. The van der Waals surface area contributed by atoms with Crippen molar-refractivity contribution in [3.63, 3.8) is 0 Å². The van der Waals surface area contributed by atoms with E-state index in [4.69, 9.17) is 0 Å². The molecule has 0 amide bonds. The Kier molecular flexibility index (Phi) is 6.60. The Morgan fingerprint density at radius 2 is 2.11 bits per heavy atom. The maximum atomic E-state index is 4.54. The van der Waals surface area contributed by atoms with Gasteiger partial charge in [-0.1, -0.05) is 0 Å². The molecule has 4 nitrogen and oxygen atoms in total. The van der Waals surface area contributed by atoms with Crippen molar-refractivity contribution in [1.29, 1.82) is 0 Å². The molecule has 1 atom stereocenters. The number of rotatable bonds is 8. The van der Waals surface area contributed by atoms with E-state index >= 15 is 0 Å². The zero-order chi connectivity index (χ0) is 13.5. The monoisotopic (exact) mass is 270 g/mol. The van der Waals surface area contributed by atoms with Crippen LogP contribution in [0.25, 0.3) is 0 Å². The van der Waals surface area contributed by atoms with E-state index in [-0.39, 0.29) is 0 Å². The Bertz CT molecular complexity index is 337. The molecule has 0 aliphatic heterocycles. The van der Waals surface area contributed by atoms with Crippen molar-refractivity contribution < 1.29 is 0 Å². The largest absolute Gasteiger partial charge is 0.348 e. The normalized spacial score (nSPS) is 13.0. The second kappa shape index (κ2) is 7.71. The number of hydrogen-bond acceptors (Lipinski definition) is 5. The van der Waals surface area contributed by atoms with Crippen molar-refractivity contribution in [1.82, 2.24) is 15.2 Å². The zero-order valence-electron chi connectivity index (χ0n) is 12.2. The van der Waals surface area contributed by atoms with Crippen molar-refractivity contribution in [3.8, 4) is 0 Å². The predicted molar refractivity (Wildman–Crippen MR) is 80.6 cm³/mol. The number of anilines is 1. The highest BCUT2D eigenvalue weighted by Gasteiger charge is 2.12. The van der Waals surface area contributed by atoms with Crippen LogP contribution in [0.5, 0.6) is 0 Å². The highest BCUT2D eigenvalue weighted by atomic mass is 32.1. The first kappa shape index (κ1) is 15.4. The summed E-state index contributed by atoms with van der Waals surface area (Å²) >= 11 is 1.80. The third-order valence-electron chi connectivity index (χ3n) is 3.06. The molecule has 1 aromatic heterocycles. The van der Waals surface area contributed by atoms with Gasteiger partial charge in [-0.05, 0) is 48.0 Å². The summed E-state index contributed by atoms with van der Waals surface area (Å²) in [5.41, 5.74) is 0. The first-order chi connectivity index (χ1) is 8.58. The molecule has 1 unspecified atom stereocenters. The molecule has 0 aliphatic rings. The van der Waals surface area contributed by atoms with Gasteiger partial charge < -0.3 is 15.1 Å². The summed E-state index contributed by atoms with van der Waals surface area (Å²) in [7, 11) is 6.22. The molecule has 0 aliphatic carbocycles. The van der Waals surface area contributed by atoms with Gasteiger partial charge >= 0.3 is 0 Å². The van der Waals surface area contributed by atoms with Gasteiger partial charge in [-0.2, -0.15) is 0 Å². The van der Waals surface area contributed by atoms with Crippen LogP contribution in [0.4, 0.5) is 5.13 Å². The second-order valence-electron chi connectivity index (χ2n) is 4.79. The molecule has 5 heteroatoms. The number of thiazole rings is 1. The Balaban J connectivity index is 2.56. The zero-order valence-corrected chi connectivity index (χ0v) is 13.0. The van der Waals surface area contributed by atoms with Crippen LogP contribution in [0.15, 0.2) is 6.20 Å². The number of hydrogen-bond donors (Lipinski definition) is 1. The molecule has 1 aromatic rings. The number of aromatic nitrogens is 1. The van der Waals surface area contributed by atoms with Crippen molar-refractivity contribution in [2.45, 2.75) is 26.3 Å². The van der Waals surface area contributed by atoms with Crippen LogP contribution in [0.1, 0.15) is 31.2 Å². The quantitative estimate of drug-likeness (QED) is 0.785. The maximum Gasteiger partial charge on any atom is 0.185 e. The SMILES string of the molecule is CCN(CCCN(C)C)c1ncc(C(C)NC)s1. The van der Waals surface area contributed by atoms with Gasteiger partial charge in [-0.3, -0.25) is 0 Å². The smallest absolute Gasteiger partial charge is 0.185 e. The van der Waals surface area contributed by atoms with Gasteiger partial charge in [0.15, 0.2) is 5.13 Å². The van der Waals surface area contributed by atoms with E-state index in [0.29, 0.717) is 6.04 Å². The van der Waals surface area contributed by atoms with E-state index in [1.54, 1.807) is 11.3 Å². The van der Waals surface area contributed by atoms with E-state index in [9.17, 15) is 0 Å². The molecule has 1 heterocycles. The number of nitrogens with one attached hydrogen (secondary N) is 1. The molecule has 0 saturated carbocycles. The van der Waals surface area contributed by atoms with E-state index in [1.807, 2.05) is 13.2 Å². The Morgan fingerprint density at radius 3 is 2.67 bits per heavy atom. The van der Waals surface area contributed by atoms with E-state index < -0.39 is 0 Å². The van der Waals surface area contributed by atoms with Crippen LogP contribution in [-0.2, 0) is 0 Å². The lowest BCUT2D eigenvalue weighted by Gasteiger charge is -2.20. The van der Waals surface area contributed by atoms with Crippen molar-refractivity contribution >= 4 is 16.5 Å². The van der Waals surface area contributed by atoms with Crippen LogP contribution < -0.4 is 10.2 Å². The molecular weight excluding hydrogens is 244 g/mol. The first-order valence-electron chi connectivity index (χ1n) is 6.61. The molecule has 104 valence electrons. The van der Waals surface area contributed by atoms with Crippen molar-refractivity contribution in [2.24, 2.45) is 0 Å². The average Bonchev–Trinajstić information content (AvgIpc) is 2.82. The van der Waals surface area contributed by atoms with Crippen molar-refractivity contribution in [2.75, 3.05) is 45.7 Å². The summed E-state index contributed by atoms with van der Waals surface area (Å²) < 4.78 is 0. The van der Waals surface area contributed by atoms with E-state index in [1.165, 1.54) is 11.3 Å². The minimum atomic E-state index is 0.386. The summed E-state index contributed by atoms with van der Waals surface area (Å²) in [6.45, 7) is 7.59. The van der Waals surface area contributed by atoms with Gasteiger partial charge in [0.25, 0.3) is 0 Å². The molecule has 1 rings (SSSR count). The minimum Gasteiger partial charge on any atom is -0.348 e. The van der Waals surface area contributed by atoms with Crippen LogP contribution in [0.3, 0.4) is 0 Å². The Morgan fingerprint density at radius 1 is 1.39 bits per heavy atom. The third kappa shape index (κ3) is 4.55. The van der Waals surface area contributed by atoms with Crippen LogP contribution in [0, 0.1) is 0 Å². The molecule has 0 saturated heterocycles. The fourth-order valence-corrected chi connectivity index (χ4v) is 2.80. The van der Waals surface area contributed by atoms with Gasteiger partial charge in [-0.15, -0.1) is 11.3 Å². The fraction of sp³-hybridized carbons (Fsp3) is 0.769. The predicted octanol–water partition coefficient (Wildman–Crippen LogP) is 2.20. The van der Waals surface area contributed by atoms with Crippen molar-refractivity contribution in [3.05, 3.63) is 11.1 Å². The highest BCUT2D eigenvalue weighted by Crippen LogP contribution is 2.26. The highest BCUT2D eigenvalue weighted by molar-refractivity contribution is 7.15. The maximum absolute atomic E-state index is 4.54. The van der Waals surface area contributed by atoms with Crippen LogP contribution >= 0.6 is 11.3 Å². The lowest BCUT2D eigenvalue weighted by atomic mass is 10.3. The van der Waals surface area contributed by atoms with Crippen LogP contribution in [0.2, 0.25) is 0 Å². The van der Waals surface area contributed by atoms with E-state index in [2.05, 4.69) is 48.0 Å². The minimum absolute atomic E-state index is 0.386. The molecular formula is C13H26N4S. The molecule has 0 aromatic carbocycles. The summed E-state index contributed by atoms with van der Waals surface area (Å²) in [5.74, 6) is 0. The topological polar surface area (TPSA) is 31.4 Å². The lowest BCUT2D eigenvalue weighted by molar-refractivity contribution is 0.400. The fourth-order valence-electron chi connectivity index (χ4n) is 1.73. The first-order valence-corrected chi connectivity index (χ1v) is 7.42. The molecule has 18 heavy (non-hydrogen) atoms. The Labute approximate surface area is 115 Å². The summed E-state index contributed by atoms with van der Waals surface area (Å²) in [6.07, 6.45) is 3.17. The Hall–Kier alpha value is -0.650. The molecule has 0 spiro atoms. The average molecular weight is 270 g/mol. The molecule has 0 fully saturated rings. The summed E-state index contributed by atoms with van der Waals surface area (Å²) in [5, 5.41) is 4.40. The standard InChI is InChI=1S/C13H26N4S/c1-6-17(9-7-8-16(4)5)13-15-10-12(18-13)11(2)14-3/h10-11,14H,6-9H2,1-5H3. The summed E-state index contributed by atoms with van der Waals surface area (Å²) in [4.78, 5) is 10.4. The third-order valence-corrected chi connectivity index (χ3v) is 4.30. The van der Waals surface area contributed by atoms with Crippen LogP contribution in [-0.4, -0.2) is 50.7 Å². The number of nitrogens with zero attached hydrogens (tertiary/aromatic N) is 3. The van der Waals surface area contributed by atoms with Gasteiger partial charge in [0, 0.05) is 30.2 Å². The van der Waals surface area contributed by atoms with Gasteiger partial charge in [0.1, 0.15) is 0 Å². The second-order valence-corrected chi connectivity index (χ2v) is 5.83. The summed E-state index contributed by atoms with van der Waals surface area (Å²) in [6, 6.07) is 0.386. The van der Waals surface area contributed by atoms with Gasteiger partial charge in [-0.25, -0.2) is 4.98 Å². The molecule has 1 N–H and O–H groups in total. The molecule has 0 radical (unpaired) electrons. The van der Waals surface area contributed by atoms with Gasteiger partial charge in [0.2, 0.25) is 0 Å².